The van der Waals surface area contributed by atoms with Gasteiger partial charge in [0.1, 0.15) is 5.01 Å². The van der Waals surface area contributed by atoms with Crippen molar-refractivity contribution in [3.63, 3.8) is 0 Å². The Hall–Kier alpha value is -11.5. The van der Waals surface area contributed by atoms with Gasteiger partial charge in [-0.25, -0.2) is 24.9 Å². The monoisotopic (exact) mass is 1130 g/mol. The lowest BCUT2D eigenvalue weighted by atomic mass is 9.96. The fraction of sp³-hybridized carbons (Fsp3) is 0. The minimum atomic E-state index is 0.589. The van der Waals surface area contributed by atoms with Crippen molar-refractivity contribution in [2.75, 3.05) is 0 Å². The van der Waals surface area contributed by atoms with Gasteiger partial charge < -0.3 is 0 Å². The molecular weight excluding hydrogens is 1080 g/mol. The van der Waals surface area contributed by atoms with Crippen molar-refractivity contribution in [3.05, 3.63) is 285 Å². The van der Waals surface area contributed by atoms with Crippen LogP contribution in [0, 0.1) is 0 Å². The first-order chi connectivity index (χ1) is 43.1. The minimum Gasteiger partial charge on any atom is -0.277 e. The van der Waals surface area contributed by atoms with E-state index in [-0.39, 0.29) is 0 Å². The average Bonchev–Trinajstić information content (AvgIpc) is 1.72. The molecule has 5 aromatic heterocycles. The summed E-state index contributed by atoms with van der Waals surface area (Å²) < 4.78 is 5.62. The molecule has 5 heterocycles. The molecule has 0 spiro atoms. The lowest BCUT2D eigenvalue weighted by Crippen LogP contribution is -2.04. The Balaban J connectivity index is 0.833. The van der Waals surface area contributed by atoms with Crippen molar-refractivity contribution < 1.29 is 0 Å². The molecule has 0 saturated heterocycles. The zero-order chi connectivity index (χ0) is 57.1. The molecule has 7 nitrogen and oxygen atoms in total. The summed E-state index contributed by atoms with van der Waals surface area (Å²) in [6.07, 6.45) is 0. The summed E-state index contributed by atoms with van der Waals surface area (Å²) in [4.78, 5) is 27.4. The molecule has 87 heavy (non-hydrogen) atoms. The third-order valence-electron chi connectivity index (χ3n) is 17.4. The summed E-state index contributed by atoms with van der Waals surface area (Å²) in [6.45, 7) is 0. The molecule has 0 aliphatic rings. The summed E-state index contributed by atoms with van der Waals surface area (Å²) >= 11 is 1.71. The number of nitrogens with zero attached hydrogens (tertiary/aromatic N) is 7. The van der Waals surface area contributed by atoms with Gasteiger partial charge >= 0.3 is 0 Å². The third kappa shape index (κ3) is 7.85. The number of benzene rings is 13. The fourth-order valence-electron chi connectivity index (χ4n) is 13.4. The predicted octanol–water partition coefficient (Wildman–Crippen LogP) is 20.7. The van der Waals surface area contributed by atoms with Gasteiger partial charge in [-0.15, -0.1) is 11.3 Å². The highest BCUT2D eigenvalue weighted by atomic mass is 32.1. The summed E-state index contributed by atoms with van der Waals surface area (Å²) in [5.41, 5.74) is 18.4. The number of aromatic nitrogens is 7. The summed E-state index contributed by atoms with van der Waals surface area (Å²) in [6, 6.07) is 102. The smallest absolute Gasteiger partial charge is 0.235 e. The van der Waals surface area contributed by atoms with Crippen LogP contribution in [0.5, 0.6) is 0 Å². The van der Waals surface area contributed by atoms with Crippen LogP contribution in [0.1, 0.15) is 0 Å². The Morgan fingerprint density at radius 3 is 1.34 bits per heavy atom. The van der Waals surface area contributed by atoms with Crippen LogP contribution in [0.3, 0.4) is 0 Å². The summed E-state index contributed by atoms with van der Waals surface area (Å²) in [7, 11) is 0. The molecule has 13 aromatic carbocycles. The van der Waals surface area contributed by atoms with Crippen LogP contribution in [0.2, 0.25) is 0 Å². The molecular formula is C79H47N7S. The molecule has 18 rings (SSSR count). The van der Waals surface area contributed by atoms with Gasteiger partial charge in [0.2, 0.25) is 11.9 Å². The van der Waals surface area contributed by atoms with E-state index in [1.165, 1.54) is 32.7 Å². The highest BCUT2D eigenvalue weighted by Crippen LogP contribution is 2.45. The summed E-state index contributed by atoms with van der Waals surface area (Å²) in [5, 5.41) is 12.2. The molecule has 0 bridgehead atoms. The van der Waals surface area contributed by atoms with Gasteiger partial charge in [0.05, 0.1) is 54.7 Å². The number of fused-ring (bicyclic) bond motifs is 12. The Labute approximate surface area is 503 Å². The van der Waals surface area contributed by atoms with Gasteiger partial charge in [0, 0.05) is 54.6 Å². The third-order valence-corrected chi connectivity index (χ3v) is 18.5. The minimum absolute atomic E-state index is 0.589. The maximum atomic E-state index is 5.63. The molecule has 18 aromatic rings. The number of hydrogen-bond donors (Lipinski definition) is 0. The molecule has 8 heteroatoms. The van der Waals surface area contributed by atoms with Crippen molar-refractivity contribution in [2.45, 2.75) is 0 Å². The number of para-hydroxylation sites is 4. The molecule has 0 amide bonds. The van der Waals surface area contributed by atoms with Gasteiger partial charge in [0.15, 0.2) is 0 Å². The van der Waals surface area contributed by atoms with E-state index in [1.807, 2.05) is 0 Å². The van der Waals surface area contributed by atoms with Gasteiger partial charge in [-0.1, -0.05) is 243 Å². The number of thiazole rings is 1. The Kier molecular flexibility index (Phi) is 11.0. The lowest BCUT2D eigenvalue weighted by molar-refractivity contribution is 1.01. The van der Waals surface area contributed by atoms with E-state index < -0.39 is 0 Å². The molecule has 0 aliphatic carbocycles. The predicted molar refractivity (Wildman–Crippen MR) is 362 cm³/mol. The van der Waals surface area contributed by atoms with E-state index in [0.29, 0.717) is 11.9 Å². The maximum absolute atomic E-state index is 5.63. The van der Waals surface area contributed by atoms with Crippen LogP contribution >= 0.6 is 11.3 Å². The second-order valence-electron chi connectivity index (χ2n) is 22.3. The zero-order valence-electron chi connectivity index (χ0n) is 46.7. The van der Waals surface area contributed by atoms with Crippen LogP contribution in [-0.2, 0) is 0 Å². The number of rotatable bonds is 8. The molecule has 0 fully saturated rings. The standard InChI is InChI=1S/C79H47N7S/c1-2-19-54(20-3-1)77-80-69-45-44-63-66-47-55(43-46-71(66)86(75(63)76(69)87-77)79-82-68-33-12-9-27-65(68)73(84-79)53-41-37-51(38-42-53)59-29-15-22-49-18-5-7-24-57(49)59)60-30-16-31-62-61-25-10-13-34-70(61)85(74(60)62)78-81-67-32-11-8-26-64(67)72(83-78)52-39-35-50(36-40-52)58-28-14-21-48-17-4-6-23-56(48)58/h1-47H. The van der Waals surface area contributed by atoms with Crippen molar-refractivity contribution in [1.29, 1.82) is 0 Å². The Morgan fingerprint density at radius 1 is 0.253 bits per heavy atom. The summed E-state index contributed by atoms with van der Waals surface area (Å²) in [5.74, 6) is 1.19. The van der Waals surface area contributed by atoms with Crippen molar-refractivity contribution in [2.24, 2.45) is 0 Å². The Morgan fingerprint density at radius 2 is 0.713 bits per heavy atom. The second-order valence-corrected chi connectivity index (χ2v) is 23.3. The van der Waals surface area contributed by atoms with Crippen molar-refractivity contribution in [3.8, 4) is 78.4 Å². The molecule has 0 saturated carbocycles. The maximum Gasteiger partial charge on any atom is 0.235 e. The lowest BCUT2D eigenvalue weighted by Gasteiger charge is -2.14. The van der Waals surface area contributed by atoms with Gasteiger partial charge in [0.25, 0.3) is 0 Å². The van der Waals surface area contributed by atoms with E-state index in [2.05, 4.69) is 294 Å². The van der Waals surface area contributed by atoms with Crippen LogP contribution in [0.15, 0.2) is 285 Å². The zero-order valence-corrected chi connectivity index (χ0v) is 47.5. The normalized spacial score (nSPS) is 11.9. The first-order valence-corrected chi connectivity index (χ1v) is 30.1. The molecule has 0 aliphatic heterocycles. The molecule has 0 radical (unpaired) electrons. The second kappa shape index (κ2) is 19.6. The van der Waals surface area contributed by atoms with E-state index in [9.17, 15) is 0 Å². The quantitative estimate of drug-likeness (QED) is 0.152. The highest BCUT2D eigenvalue weighted by molar-refractivity contribution is 7.22. The van der Waals surface area contributed by atoms with E-state index >= 15 is 0 Å². The largest absolute Gasteiger partial charge is 0.277 e. The fourth-order valence-corrected chi connectivity index (χ4v) is 14.5. The van der Waals surface area contributed by atoms with Gasteiger partial charge in [-0.05, 0) is 91.8 Å². The van der Waals surface area contributed by atoms with E-state index in [4.69, 9.17) is 24.9 Å². The topological polar surface area (TPSA) is 74.3 Å². The number of hydrogen-bond acceptors (Lipinski definition) is 6. The van der Waals surface area contributed by atoms with Crippen LogP contribution in [0.4, 0.5) is 0 Å². The Bertz CT molecular complexity index is 5810. The van der Waals surface area contributed by atoms with Crippen LogP contribution in [0.25, 0.3) is 176 Å². The average molecular weight is 1130 g/mol. The molecule has 0 N–H and O–H groups in total. The first kappa shape index (κ1) is 49.0. The van der Waals surface area contributed by atoms with E-state index in [1.54, 1.807) is 11.3 Å². The highest BCUT2D eigenvalue weighted by Gasteiger charge is 2.25. The van der Waals surface area contributed by atoms with Crippen molar-refractivity contribution in [1.82, 2.24) is 34.1 Å². The first-order valence-electron chi connectivity index (χ1n) is 29.3. The molecule has 0 atom stereocenters. The van der Waals surface area contributed by atoms with Crippen LogP contribution in [-0.4, -0.2) is 34.1 Å². The SMILES string of the molecule is c1ccc(-c2nc3ccc4c5cc(-c6cccc7c8ccccc8n(-c8nc(-c9ccc(-c%10cccc%11ccccc%10%11)cc9)c9ccccc9n8)c67)ccc5n(-c5nc(-c6ccc(-c7cccc8ccccc78)cc6)c6ccccc6n5)c4c3s2)cc1. The van der Waals surface area contributed by atoms with Crippen molar-refractivity contribution >= 4 is 109 Å². The molecule has 0 unspecified atom stereocenters. The molecule has 404 valence electrons. The van der Waals surface area contributed by atoms with Gasteiger partial charge in [-0.3, -0.25) is 9.13 Å². The van der Waals surface area contributed by atoms with Gasteiger partial charge in [-0.2, -0.15) is 0 Å². The van der Waals surface area contributed by atoms with E-state index in [0.717, 1.165) is 131 Å². The van der Waals surface area contributed by atoms with Crippen LogP contribution < -0.4 is 0 Å².